The number of rotatable bonds is 4. The standard InChI is InChI=1S/C28H30BrN5O3/c1-28(2,3)37-27(35)33-15-7-8-19(16-33)34-24(29)22(23-25(30)31-17-32-26(23)34)18-11-13-21(14-12-18)36-20-9-5-4-6-10-20/h4-6,9-14,17,19H,7-8,15-16H2,1-3H3,(H2,30,31,32). The average Bonchev–Trinajstić information content (AvgIpc) is 3.17. The van der Waals surface area contributed by atoms with Crippen molar-refractivity contribution in [1.29, 1.82) is 0 Å². The van der Waals surface area contributed by atoms with E-state index in [4.69, 9.17) is 15.2 Å². The molecule has 1 fully saturated rings. The van der Waals surface area contributed by atoms with Gasteiger partial charge >= 0.3 is 6.09 Å². The first-order valence-electron chi connectivity index (χ1n) is 12.3. The number of nitrogens with zero attached hydrogens (tertiary/aromatic N) is 4. The van der Waals surface area contributed by atoms with E-state index in [2.05, 4.69) is 30.5 Å². The van der Waals surface area contributed by atoms with Gasteiger partial charge in [0.25, 0.3) is 0 Å². The van der Waals surface area contributed by atoms with E-state index in [-0.39, 0.29) is 12.1 Å². The summed E-state index contributed by atoms with van der Waals surface area (Å²) in [6.45, 7) is 6.82. The molecule has 1 saturated heterocycles. The molecule has 1 aliphatic rings. The molecule has 2 aromatic heterocycles. The third-order valence-electron chi connectivity index (χ3n) is 6.29. The zero-order chi connectivity index (χ0) is 26.2. The Morgan fingerprint density at radius 1 is 1.05 bits per heavy atom. The summed E-state index contributed by atoms with van der Waals surface area (Å²) in [5.74, 6) is 1.92. The summed E-state index contributed by atoms with van der Waals surface area (Å²) < 4.78 is 14.6. The Morgan fingerprint density at radius 2 is 1.76 bits per heavy atom. The number of halogens is 1. The number of ether oxygens (including phenoxy) is 2. The van der Waals surface area contributed by atoms with Crippen LogP contribution in [0.5, 0.6) is 11.5 Å². The van der Waals surface area contributed by atoms with Crippen LogP contribution in [0.25, 0.3) is 22.2 Å². The number of aromatic nitrogens is 3. The maximum atomic E-state index is 12.8. The van der Waals surface area contributed by atoms with Gasteiger partial charge in [0.15, 0.2) is 0 Å². The second-order valence-corrected chi connectivity index (χ2v) is 10.9. The lowest BCUT2D eigenvalue weighted by Gasteiger charge is -2.35. The van der Waals surface area contributed by atoms with Crippen LogP contribution in [0.2, 0.25) is 0 Å². The minimum absolute atomic E-state index is 0.00174. The Labute approximate surface area is 224 Å². The second-order valence-electron chi connectivity index (χ2n) is 10.2. The van der Waals surface area contributed by atoms with Gasteiger partial charge in [-0.2, -0.15) is 0 Å². The van der Waals surface area contributed by atoms with E-state index >= 15 is 0 Å². The van der Waals surface area contributed by atoms with E-state index in [1.54, 1.807) is 4.90 Å². The number of fused-ring (bicyclic) bond motifs is 1. The number of hydrogen-bond donors (Lipinski definition) is 1. The SMILES string of the molecule is CC(C)(C)OC(=O)N1CCCC(n2c(Br)c(-c3ccc(Oc4ccccc4)cc3)c3c(N)ncnc32)C1. The number of piperidine rings is 1. The molecule has 8 nitrogen and oxygen atoms in total. The molecule has 0 bridgehead atoms. The molecule has 1 atom stereocenters. The summed E-state index contributed by atoms with van der Waals surface area (Å²) >= 11 is 3.85. The van der Waals surface area contributed by atoms with Gasteiger partial charge in [-0.25, -0.2) is 14.8 Å². The number of para-hydroxylation sites is 1. The summed E-state index contributed by atoms with van der Waals surface area (Å²) in [5.41, 5.74) is 8.44. The van der Waals surface area contributed by atoms with Crippen molar-refractivity contribution in [2.45, 2.75) is 45.3 Å². The maximum Gasteiger partial charge on any atom is 0.410 e. The molecule has 0 aliphatic carbocycles. The average molecular weight is 564 g/mol. The van der Waals surface area contributed by atoms with Crippen molar-refractivity contribution in [1.82, 2.24) is 19.4 Å². The van der Waals surface area contributed by atoms with Crippen molar-refractivity contribution in [3.63, 3.8) is 0 Å². The van der Waals surface area contributed by atoms with Crippen LogP contribution in [-0.2, 0) is 4.74 Å². The summed E-state index contributed by atoms with van der Waals surface area (Å²) in [6.07, 6.45) is 2.94. The fraction of sp³-hybridized carbons (Fsp3) is 0.321. The smallest absolute Gasteiger partial charge is 0.410 e. The van der Waals surface area contributed by atoms with Crippen LogP contribution in [0.1, 0.15) is 39.7 Å². The predicted molar refractivity (Wildman–Crippen MR) is 148 cm³/mol. The molecule has 3 heterocycles. The minimum Gasteiger partial charge on any atom is -0.457 e. The fourth-order valence-corrected chi connectivity index (χ4v) is 5.58. The largest absolute Gasteiger partial charge is 0.457 e. The van der Waals surface area contributed by atoms with Gasteiger partial charge in [-0.05, 0) is 79.4 Å². The molecule has 2 aromatic carbocycles. The van der Waals surface area contributed by atoms with E-state index in [0.29, 0.717) is 18.9 Å². The first-order valence-corrected chi connectivity index (χ1v) is 13.1. The van der Waals surface area contributed by atoms with Gasteiger partial charge in [-0.15, -0.1) is 0 Å². The lowest BCUT2D eigenvalue weighted by Crippen LogP contribution is -2.43. The molecule has 192 valence electrons. The lowest BCUT2D eigenvalue weighted by atomic mass is 10.1. The number of carbonyl (C=O) groups is 1. The topological polar surface area (TPSA) is 95.5 Å². The summed E-state index contributed by atoms with van der Waals surface area (Å²) in [5, 5.41) is 0.778. The van der Waals surface area contributed by atoms with Crippen LogP contribution in [0.15, 0.2) is 65.5 Å². The highest BCUT2D eigenvalue weighted by Crippen LogP contribution is 2.43. The molecule has 37 heavy (non-hydrogen) atoms. The number of nitrogen functional groups attached to an aromatic ring is 1. The van der Waals surface area contributed by atoms with E-state index in [0.717, 1.165) is 51.1 Å². The highest BCUT2D eigenvalue weighted by atomic mass is 79.9. The third kappa shape index (κ3) is 5.27. The van der Waals surface area contributed by atoms with Gasteiger partial charge < -0.3 is 24.7 Å². The highest BCUT2D eigenvalue weighted by Gasteiger charge is 2.32. The monoisotopic (exact) mass is 563 g/mol. The molecule has 9 heteroatoms. The van der Waals surface area contributed by atoms with E-state index in [1.165, 1.54) is 6.33 Å². The fourth-order valence-electron chi connectivity index (χ4n) is 4.70. The van der Waals surface area contributed by atoms with Crippen LogP contribution in [0.3, 0.4) is 0 Å². The molecule has 4 aromatic rings. The highest BCUT2D eigenvalue weighted by molar-refractivity contribution is 9.10. The molecule has 2 N–H and O–H groups in total. The van der Waals surface area contributed by atoms with Crippen LogP contribution < -0.4 is 10.5 Å². The first kappa shape index (κ1) is 25.1. The van der Waals surface area contributed by atoms with Crippen molar-refractivity contribution < 1.29 is 14.3 Å². The van der Waals surface area contributed by atoms with Crippen LogP contribution in [-0.4, -0.2) is 44.2 Å². The molecular weight excluding hydrogens is 534 g/mol. The number of benzene rings is 2. The molecule has 1 unspecified atom stereocenters. The zero-order valence-electron chi connectivity index (χ0n) is 21.1. The molecular formula is C28H30BrN5O3. The van der Waals surface area contributed by atoms with Crippen molar-refractivity contribution in [3.05, 3.63) is 65.5 Å². The van der Waals surface area contributed by atoms with Gasteiger partial charge in [0, 0.05) is 18.7 Å². The first-order chi connectivity index (χ1) is 17.7. The number of hydrogen-bond acceptors (Lipinski definition) is 6. The quantitative estimate of drug-likeness (QED) is 0.293. The predicted octanol–water partition coefficient (Wildman–Crippen LogP) is 6.81. The number of carbonyl (C=O) groups excluding carboxylic acids is 1. The Hall–Kier alpha value is -3.59. The molecule has 0 spiro atoms. The normalized spacial score (nSPS) is 16.1. The van der Waals surface area contributed by atoms with E-state index < -0.39 is 5.60 Å². The van der Waals surface area contributed by atoms with Gasteiger partial charge in [-0.3, -0.25) is 0 Å². The summed E-state index contributed by atoms with van der Waals surface area (Å²) in [4.78, 5) is 23.5. The van der Waals surface area contributed by atoms with Crippen molar-refractivity contribution in [3.8, 4) is 22.6 Å². The van der Waals surface area contributed by atoms with Crippen LogP contribution >= 0.6 is 15.9 Å². The number of anilines is 1. The Kier molecular flexibility index (Phi) is 6.81. The van der Waals surface area contributed by atoms with Gasteiger partial charge in [0.1, 0.15) is 34.9 Å². The lowest BCUT2D eigenvalue weighted by molar-refractivity contribution is 0.0173. The zero-order valence-corrected chi connectivity index (χ0v) is 22.7. The summed E-state index contributed by atoms with van der Waals surface area (Å²) in [6, 6.07) is 17.5. The Morgan fingerprint density at radius 3 is 2.46 bits per heavy atom. The van der Waals surface area contributed by atoms with Crippen LogP contribution in [0, 0.1) is 0 Å². The summed E-state index contributed by atoms with van der Waals surface area (Å²) in [7, 11) is 0. The van der Waals surface area contributed by atoms with Gasteiger partial charge in [0.05, 0.1) is 16.0 Å². The number of likely N-dealkylation sites (tertiary alicyclic amines) is 1. The van der Waals surface area contributed by atoms with Crippen molar-refractivity contribution in [2.24, 2.45) is 0 Å². The van der Waals surface area contributed by atoms with E-state index in [9.17, 15) is 4.79 Å². The minimum atomic E-state index is -0.546. The third-order valence-corrected chi connectivity index (χ3v) is 7.07. The molecule has 1 amide bonds. The van der Waals surface area contributed by atoms with Crippen molar-refractivity contribution in [2.75, 3.05) is 18.8 Å². The van der Waals surface area contributed by atoms with Gasteiger partial charge in [-0.1, -0.05) is 30.3 Å². The molecule has 0 radical (unpaired) electrons. The number of nitrogens with two attached hydrogens (primary N) is 1. The van der Waals surface area contributed by atoms with Crippen molar-refractivity contribution >= 4 is 38.9 Å². The Balaban J connectivity index is 1.50. The molecule has 5 rings (SSSR count). The van der Waals surface area contributed by atoms with Gasteiger partial charge in [0.2, 0.25) is 0 Å². The Bertz CT molecular complexity index is 1410. The van der Waals surface area contributed by atoms with Crippen LogP contribution in [0.4, 0.5) is 10.6 Å². The second kappa shape index (κ2) is 10.0. The number of amides is 1. The maximum absolute atomic E-state index is 12.8. The molecule has 0 saturated carbocycles. The molecule has 1 aliphatic heterocycles. The van der Waals surface area contributed by atoms with E-state index in [1.807, 2.05) is 75.4 Å².